The van der Waals surface area contributed by atoms with E-state index < -0.39 is 17.9 Å². The number of amides is 2. The molecule has 6 nitrogen and oxygen atoms in total. The molecule has 2 heterocycles. The molecule has 2 fully saturated rings. The molecule has 3 unspecified atom stereocenters. The van der Waals surface area contributed by atoms with Crippen LogP contribution < -0.4 is 5.32 Å². The number of nitrogens with zero attached hydrogens (tertiary/aromatic N) is 1. The van der Waals surface area contributed by atoms with Gasteiger partial charge in [-0.3, -0.25) is 4.79 Å². The molecule has 3 atom stereocenters. The Hall–Kier alpha value is -1.30. The van der Waals surface area contributed by atoms with E-state index in [-0.39, 0.29) is 19.2 Å². The molecule has 2 N–H and O–H groups in total. The average molecular weight is 284 g/mol. The molecule has 0 aromatic carbocycles. The Morgan fingerprint density at radius 3 is 2.85 bits per heavy atom. The van der Waals surface area contributed by atoms with Crippen LogP contribution in [0.3, 0.4) is 0 Å². The van der Waals surface area contributed by atoms with Gasteiger partial charge in [-0.25, -0.2) is 4.79 Å². The zero-order valence-electron chi connectivity index (χ0n) is 12.0. The van der Waals surface area contributed by atoms with Crippen LogP contribution in [0.15, 0.2) is 0 Å². The zero-order chi connectivity index (χ0) is 14.5. The lowest BCUT2D eigenvalue weighted by atomic mass is 9.98. The summed E-state index contributed by atoms with van der Waals surface area (Å²) in [5, 5.41) is 11.9. The molecule has 0 saturated carbocycles. The summed E-state index contributed by atoms with van der Waals surface area (Å²) < 4.78 is 5.18. The molecule has 2 aliphatic heterocycles. The van der Waals surface area contributed by atoms with Gasteiger partial charge in [0.05, 0.1) is 19.3 Å². The Bertz CT molecular complexity index is 359. The number of likely N-dealkylation sites (tertiary alicyclic amines) is 1. The van der Waals surface area contributed by atoms with Crippen molar-refractivity contribution in [2.45, 2.75) is 51.1 Å². The van der Waals surface area contributed by atoms with Gasteiger partial charge in [0.2, 0.25) is 0 Å². The van der Waals surface area contributed by atoms with Crippen LogP contribution in [0.25, 0.3) is 0 Å². The minimum Gasteiger partial charge on any atom is -0.481 e. The number of carbonyl (C=O) groups is 2. The Morgan fingerprint density at radius 2 is 2.15 bits per heavy atom. The summed E-state index contributed by atoms with van der Waals surface area (Å²) in [6.45, 7) is 3.35. The molecule has 0 aromatic heterocycles. The smallest absolute Gasteiger partial charge is 0.317 e. The first kappa shape index (κ1) is 15.1. The van der Waals surface area contributed by atoms with E-state index >= 15 is 0 Å². The first-order valence-corrected chi connectivity index (χ1v) is 7.51. The van der Waals surface area contributed by atoms with Crippen LogP contribution in [-0.4, -0.2) is 53.8 Å². The van der Waals surface area contributed by atoms with Gasteiger partial charge in [-0.2, -0.15) is 0 Å². The summed E-state index contributed by atoms with van der Waals surface area (Å²) in [4.78, 5) is 25.3. The van der Waals surface area contributed by atoms with E-state index in [1.165, 1.54) is 6.42 Å². The first-order chi connectivity index (χ1) is 9.63. The highest BCUT2D eigenvalue weighted by Crippen LogP contribution is 2.22. The molecule has 0 aromatic rings. The molecule has 2 aliphatic rings. The minimum atomic E-state index is -0.906. The molecular weight excluding hydrogens is 260 g/mol. The van der Waals surface area contributed by atoms with E-state index in [9.17, 15) is 9.59 Å². The highest BCUT2D eigenvalue weighted by atomic mass is 16.5. The molecule has 0 aliphatic carbocycles. The SMILES string of the molecule is CCCC1CCCCN1C(=O)NC1COCC1C(=O)O. The van der Waals surface area contributed by atoms with Gasteiger partial charge in [-0.1, -0.05) is 13.3 Å². The second kappa shape index (κ2) is 6.92. The topological polar surface area (TPSA) is 78.9 Å². The van der Waals surface area contributed by atoms with Crippen LogP contribution in [0.5, 0.6) is 0 Å². The van der Waals surface area contributed by atoms with Crippen molar-refractivity contribution in [3.63, 3.8) is 0 Å². The summed E-state index contributed by atoms with van der Waals surface area (Å²) in [5.41, 5.74) is 0. The highest BCUT2D eigenvalue weighted by molar-refractivity contribution is 5.77. The lowest BCUT2D eigenvalue weighted by Gasteiger charge is -2.36. The maximum atomic E-state index is 12.4. The number of ether oxygens (including phenoxy) is 1. The first-order valence-electron chi connectivity index (χ1n) is 7.51. The van der Waals surface area contributed by atoms with Crippen molar-refractivity contribution in [2.24, 2.45) is 5.92 Å². The van der Waals surface area contributed by atoms with Gasteiger partial charge in [0.15, 0.2) is 0 Å². The third-order valence-corrected chi connectivity index (χ3v) is 4.22. The monoisotopic (exact) mass is 284 g/mol. The summed E-state index contributed by atoms with van der Waals surface area (Å²) in [7, 11) is 0. The van der Waals surface area contributed by atoms with E-state index in [2.05, 4.69) is 12.2 Å². The summed E-state index contributed by atoms with van der Waals surface area (Å²) in [6.07, 6.45) is 5.30. The molecular formula is C14H24N2O4. The molecule has 2 rings (SSSR count). The number of carboxylic acid groups (broad SMARTS) is 1. The van der Waals surface area contributed by atoms with Gasteiger partial charge in [-0.05, 0) is 25.7 Å². The Labute approximate surface area is 119 Å². The van der Waals surface area contributed by atoms with Crippen LogP contribution in [0.4, 0.5) is 4.79 Å². The van der Waals surface area contributed by atoms with Crippen molar-refractivity contribution in [2.75, 3.05) is 19.8 Å². The zero-order valence-corrected chi connectivity index (χ0v) is 12.0. The lowest BCUT2D eigenvalue weighted by molar-refractivity contribution is -0.142. The number of nitrogens with one attached hydrogen (secondary N) is 1. The highest BCUT2D eigenvalue weighted by Gasteiger charge is 2.37. The lowest BCUT2D eigenvalue weighted by Crippen LogP contribution is -2.53. The predicted molar refractivity (Wildman–Crippen MR) is 73.5 cm³/mol. The number of urea groups is 1. The summed E-state index contributed by atoms with van der Waals surface area (Å²) >= 11 is 0. The molecule has 0 radical (unpaired) electrons. The van der Waals surface area contributed by atoms with Crippen molar-refractivity contribution in [3.8, 4) is 0 Å². The van der Waals surface area contributed by atoms with Crippen molar-refractivity contribution in [1.82, 2.24) is 10.2 Å². The van der Waals surface area contributed by atoms with E-state index in [1.807, 2.05) is 4.90 Å². The van der Waals surface area contributed by atoms with Crippen LogP contribution in [0.1, 0.15) is 39.0 Å². The third kappa shape index (κ3) is 3.42. The molecule has 2 amide bonds. The Morgan fingerprint density at radius 1 is 1.35 bits per heavy atom. The largest absolute Gasteiger partial charge is 0.481 e. The van der Waals surface area contributed by atoms with E-state index in [1.54, 1.807) is 0 Å². The summed E-state index contributed by atoms with van der Waals surface area (Å²) in [6, 6.07) is -0.256. The number of rotatable bonds is 4. The number of carbonyl (C=O) groups excluding carboxylic acids is 1. The normalized spacial score (nSPS) is 30.2. The fourth-order valence-corrected chi connectivity index (χ4v) is 3.08. The second-order valence-electron chi connectivity index (χ2n) is 5.67. The fraction of sp³-hybridized carbons (Fsp3) is 0.857. The molecule has 6 heteroatoms. The molecule has 20 heavy (non-hydrogen) atoms. The van der Waals surface area contributed by atoms with Gasteiger partial charge in [0.25, 0.3) is 0 Å². The molecule has 0 bridgehead atoms. The minimum absolute atomic E-state index is 0.134. The van der Waals surface area contributed by atoms with Crippen molar-refractivity contribution in [1.29, 1.82) is 0 Å². The quantitative estimate of drug-likeness (QED) is 0.819. The van der Waals surface area contributed by atoms with Crippen LogP contribution in [-0.2, 0) is 9.53 Å². The van der Waals surface area contributed by atoms with Crippen LogP contribution >= 0.6 is 0 Å². The Balaban J connectivity index is 1.94. The van der Waals surface area contributed by atoms with E-state index in [0.717, 1.165) is 32.2 Å². The van der Waals surface area contributed by atoms with Gasteiger partial charge >= 0.3 is 12.0 Å². The van der Waals surface area contributed by atoms with Crippen LogP contribution in [0.2, 0.25) is 0 Å². The van der Waals surface area contributed by atoms with Crippen molar-refractivity contribution < 1.29 is 19.4 Å². The maximum Gasteiger partial charge on any atom is 0.317 e. The van der Waals surface area contributed by atoms with Gasteiger partial charge in [0.1, 0.15) is 5.92 Å². The maximum absolute atomic E-state index is 12.4. The number of aliphatic carboxylic acids is 1. The van der Waals surface area contributed by atoms with Gasteiger partial charge in [0, 0.05) is 12.6 Å². The third-order valence-electron chi connectivity index (χ3n) is 4.22. The Kier molecular flexibility index (Phi) is 5.23. The van der Waals surface area contributed by atoms with E-state index in [0.29, 0.717) is 6.04 Å². The second-order valence-corrected chi connectivity index (χ2v) is 5.67. The summed E-state index contributed by atoms with van der Waals surface area (Å²) in [5.74, 6) is -1.54. The van der Waals surface area contributed by atoms with E-state index in [4.69, 9.17) is 9.84 Å². The molecule has 2 saturated heterocycles. The fourth-order valence-electron chi connectivity index (χ4n) is 3.08. The van der Waals surface area contributed by atoms with Gasteiger partial charge in [-0.15, -0.1) is 0 Å². The predicted octanol–water partition coefficient (Wildman–Crippen LogP) is 1.45. The number of hydrogen-bond acceptors (Lipinski definition) is 3. The number of hydrogen-bond donors (Lipinski definition) is 2. The average Bonchev–Trinajstić information content (AvgIpc) is 2.88. The molecule has 114 valence electrons. The van der Waals surface area contributed by atoms with Gasteiger partial charge < -0.3 is 20.1 Å². The van der Waals surface area contributed by atoms with Crippen molar-refractivity contribution >= 4 is 12.0 Å². The number of piperidine rings is 1. The standard InChI is InChI=1S/C14H24N2O4/c1-2-5-10-6-3-4-7-16(10)14(19)15-12-9-20-8-11(12)13(17)18/h10-12H,2-9H2,1H3,(H,15,19)(H,17,18). The molecule has 0 spiro atoms. The van der Waals surface area contributed by atoms with Crippen LogP contribution in [0, 0.1) is 5.92 Å². The number of carboxylic acids is 1. The van der Waals surface area contributed by atoms with Crippen molar-refractivity contribution in [3.05, 3.63) is 0 Å².